The van der Waals surface area contributed by atoms with E-state index in [9.17, 15) is 43.2 Å². The maximum Gasteiger partial charge on any atom is 0.417 e. The minimum Gasteiger partial charge on any atom is -0.241 e. The molecule has 0 aliphatic carbocycles. The van der Waals surface area contributed by atoms with Crippen molar-refractivity contribution in [3.8, 4) is 22.5 Å². The first kappa shape index (κ1) is 36.2. The Labute approximate surface area is 285 Å². The van der Waals surface area contributed by atoms with Crippen molar-refractivity contribution in [1.29, 1.82) is 0 Å². The van der Waals surface area contributed by atoms with Crippen LogP contribution in [0.1, 0.15) is 22.3 Å². The fourth-order valence-electron chi connectivity index (χ4n) is 4.88. The van der Waals surface area contributed by atoms with Gasteiger partial charge in [0.2, 0.25) is 0 Å². The molecule has 50 heavy (non-hydrogen) atoms. The highest BCUT2D eigenvalue weighted by Gasteiger charge is 2.36. The zero-order valence-electron chi connectivity index (χ0n) is 26.3. The van der Waals surface area contributed by atoms with Crippen molar-refractivity contribution in [3.63, 3.8) is 0 Å². The predicted molar refractivity (Wildman–Crippen MR) is 177 cm³/mol. The van der Waals surface area contributed by atoms with E-state index in [4.69, 9.17) is 0 Å². The number of aromatic nitrogens is 2. The lowest BCUT2D eigenvalue weighted by atomic mass is 10.1. The van der Waals surface area contributed by atoms with Crippen molar-refractivity contribution in [1.82, 2.24) is 7.94 Å². The maximum atomic E-state index is 13.1. The zero-order chi connectivity index (χ0) is 36.5. The summed E-state index contributed by atoms with van der Waals surface area (Å²) in [6.45, 7) is 3.59. The Hall–Kier alpha value is -5.08. The average Bonchev–Trinajstić information content (AvgIpc) is 3.74. The second-order valence-electron chi connectivity index (χ2n) is 11.2. The van der Waals surface area contributed by atoms with Gasteiger partial charge in [-0.15, -0.1) is 0 Å². The van der Waals surface area contributed by atoms with Crippen molar-refractivity contribution < 1.29 is 43.2 Å². The smallest absolute Gasteiger partial charge is 0.241 e. The Bertz CT molecular complexity index is 2150. The molecule has 0 spiro atoms. The molecule has 0 atom stereocenters. The van der Waals surface area contributed by atoms with E-state index >= 15 is 0 Å². The van der Waals surface area contributed by atoms with E-state index in [1.165, 1.54) is 24.3 Å². The lowest BCUT2D eigenvalue weighted by Crippen LogP contribution is -2.13. The number of aryl methyl sites for hydroxylation is 2. The van der Waals surface area contributed by atoms with Gasteiger partial charge >= 0.3 is 12.4 Å². The quantitative estimate of drug-likeness (QED) is 0.160. The second kappa shape index (κ2) is 13.7. The van der Waals surface area contributed by atoms with Gasteiger partial charge in [0.05, 0.1) is 32.3 Å². The topological polar surface area (TPSA) is 78.1 Å². The Morgan fingerprint density at radius 3 is 1.04 bits per heavy atom. The van der Waals surface area contributed by atoms with E-state index in [0.717, 1.165) is 23.3 Å². The molecule has 0 N–H and O–H groups in total. The summed E-state index contributed by atoms with van der Waals surface area (Å²) < 4.78 is 132. The zero-order valence-corrected chi connectivity index (χ0v) is 27.9. The van der Waals surface area contributed by atoms with Crippen LogP contribution in [0.5, 0.6) is 0 Å². The van der Waals surface area contributed by atoms with Gasteiger partial charge in [0.15, 0.2) is 0 Å². The highest BCUT2D eigenvalue weighted by atomic mass is 32.2. The van der Waals surface area contributed by atoms with Crippen molar-refractivity contribution in [2.45, 2.75) is 36.0 Å². The molecule has 0 saturated heterocycles. The van der Waals surface area contributed by atoms with Crippen molar-refractivity contribution in [3.05, 3.63) is 156 Å². The van der Waals surface area contributed by atoms with Gasteiger partial charge in [-0.05, 0) is 61.4 Å². The molecule has 0 amide bonds. The molecule has 0 bridgehead atoms. The number of hydrogen-bond donors (Lipinski definition) is 0. The van der Waals surface area contributed by atoms with Gasteiger partial charge in [-0.2, -0.15) is 26.3 Å². The van der Waals surface area contributed by atoms with Crippen LogP contribution in [0.4, 0.5) is 26.3 Å². The third kappa shape index (κ3) is 7.71. The van der Waals surface area contributed by atoms with Crippen molar-refractivity contribution in [2.75, 3.05) is 0 Å². The first-order chi connectivity index (χ1) is 23.4. The summed E-state index contributed by atoms with van der Waals surface area (Å²) in [7, 11) is -8.31. The van der Waals surface area contributed by atoms with Gasteiger partial charge in [0.25, 0.3) is 20.0 Å². The first-order valence-electron chi connectivity index (χ1n) is 14.7. The summed E-state index contributed by atoms with van der Waals surface area (Å²) in [6, 6.07) is 29.8. The molecule has 0 aliphatic heterocycles. The Balaban J connectivity index is 0.000000194. The summed E-state index contributed by atoms with van der Waals surface area (Å²) in [5.41, 5.74) is 0.380. The van der Waals surface area contributed by atoms with Crippen LogP contribution in [0, 0.1) is 13.8 Å². The van der Waals surface area contributed by atoms with Crippen LogP contribution in [0.25, 0.3) is 22.5 Å². The molecule has 0 fully saturated rings. The number of nitrogens with zero attached hydrogens (tertiary/aromatic N) is 2. The molecule has 4 aromatic carbocycles. The van der Waals surface area contributed by atoms with Crippen LogP contribution >= 0.6 is 0 Å². The van der Waals surface area contributed by atoms with Gasteiger partial charge in [0.1, 0.15) is 0 Å². The Morgan fingerprint density at radius 1 is 0.460 bits per heavy atom. The number of alkyl halides is 6. The molecule has 14 heteroatoms. The monoisotopic (exact) mass is 730 g/mol. The van der Waals surface area contributed by atoms with E-state index < -0.39 is 43.5 Å². The highest BCUT2D eigenvalue weighted by Crippen LogP contribution is 2.37. The summed E-state index contributed by atoms with van der Waals surface area (Å²) in [4.78, 5) is -0.140. The molecule has 6 nitrogen and oxygen atoms in total. The molecule has 0 aliphatic rings. The minimum absolute atomic E-state index is 0.0338. The number of rotatable bonds is 6. The molecular formula is C36H28F6N2O4S2. The maximum absolute atomic E-state index is 13.1. The minimum atomic E-state index is -4.64. The van der Waals surface area contributed by atoms with E-state index in [-0.39, 0.29) is 21.2 Å². The lowest BCUT2D eigenvalue weighted by molar-refractivity contribution is -0.138. The van der Waals surface area contributed by atoms with Crippen LogP contribution in [-0.4, -0.2) is 24.8 Å². The van der Waals surface area contributed by atoms with Crippen LogP contribution in [0.15, 0.2) is 144 Å². The number of halogens is 6. The number of benzene rings is 4. The Kier molecular flexibility index (Phi) is 9.90. The molecular weight excluding hydrogens is 703 g/mol. The van der Waals surface area contributed by atoms with Crippen LogP contribution in [0.3, 0.4) is 0 Å². The summed E-state index contributed by atoms with van der Waals surface area (Å²) in [6.07, 6.45) is -8.04. The average molecular weight is 731 g/mol. The Morgan fingerprint density at radius 2 is 0.760 bits per heavy atom. The first-order valence-corrected chi connectivity index (χ1v) is 17.6. The molecule has 0 unspecified atom stereocenters. The van der Waals surface area contributed by atoms with Gasteiger partial charge < -0.3 is 0 Å². The highest BCUT2D eigenvalue weighted by molar-refractivity contribution is 7.90. The van der Waals surface area contributed by atoms with Gasteiger partial charge in [-0.3, -0.25) is 0 Å². The molecule has 6 rings (SSSR count). The fraction of sp³-hybridized carbons (Fsp3) is 0.111. The summed E-state index contributed by atoms with van der Waals surface area (Å²) in [5.74, 6) is 0. The normalized spacial score (nSPS) is 12.3. The second-order valence-corrected chi connectivity index (χ2v) is 14.8. The van der Waals surface area contributed by atoms with E-state index in [2.05, 4.69) is 0 Å². The molecule has 260 valence electrons. The third-order valence-electron chi connectivity index (χ3n) is 7.52. The third-order valence-corrected chi connectivity index (χ3v) is 10.9. The van der Waals surface area contributed by atoms with E-state index in [1.807, 2.05) is 0 Å². The fourth-order valence-corrected chi connectivity index (χ4v) is 7.64. The van der Waals surface area contributed by atoms with Crippen LogP contribution < -0.4 is 0 Å². The SMILES string of the molecule is Cc1ccc(S(=O)(=O)n2cc(C(F)(F)F)cc2-c2ccccc2)cc1.Cc1ccc(S(=O)(=O)n2cc(C(F)(F)F)cc2-c2ccccc2)cc1. The van der Waals surface area contributed by atoms with Crippen molar-refractivity contribution in [2.24, 2.45) is 0 Å². The predicted octanol–water partition coefficient (Wildman–Crippen LogP) is 9.44. The lowest BCUT2D eigenvalue weighted by Gasteiger charge is -2.11. The van der Waals surface area contributed by atoms with E-state index in [0.29, 0.717) is 31.5 Å². The van der Waals surface area contributed by atoms with E-state index in [1.54, 1.807) is 98.8 Å². The standard InChI is InChI=1S/2C18H14F3NO2S/c2*1-13-7-9-16(10-8-13)25(23,24)22-12-15(18(19,20)21)11-17(22)14-5-3-2-4-6-14/h2*2-12H,1H3. The molecule has 2 heterocycles. The molecule has 6 aromatic rings. The van der Waals surface area contributed by atoms with Gasteiger partial charge in [-0.1, -0.05) is 96.1 Å². The largest absolute Gasteiger partial charge is 0.417 e. The molecule has 2 aromatic heterocycles. The summed E-state index contributed by atoms with van der Waals surface area (Å²) >= 11 is 0. The molecule has 0 saturated carbocycles. The van der Waals surface area contributed by atoms with Gasteiger partial charge in [-0.25, -0.2) is 24.8 Å². The molecule has 0 radical (unpaired) electrons. The van der Waals surface area contributed by atoms with Gasteiger partial charge in [0, 0.05) is 12.4 Å². The van der Waals surface area contributed by atoms with Crippen LogP contribution in [0.2, 0.25) is 0 Å². The van der Waals surface area contributed by atoms with Crippen molar-refractivity contribution >= 4 is 20.0 Å². The number of hydrogen-bond acceptors (Lipinski definition) is 4. The summed E-state index contributed by atoms with van der Waals surface area (Å²) in [5, 5.41) is 0. The van der Waals surface area contributed by atoms with Crippen LogP contribution in [-0.2, 0) is 32.4 Å².